The van der Waals surface area contributed by atoms with E-state index in [9.17, 15) is 8.42 Å². The van der Waals surface area contributed by atoms with Gasteiger partial charge in [0.05, 0.1) is 11.1 Å². The molecule has 10 heteroatoms. The molecule has 2 heterocycles. The summed E-state index contributed by atoms with van der Waals surface area (Å²) in [5.74, 6) is 0.908. The molecule has 0 amide bonds. The van der Waals surface area contributed by atoms with Gasteiger partial charge in [0.25, 0.3) is 0 Å². The van der Waals surface area contributed by atoms with Crippen molar-refractivity contribution in [2.75, 3.05) is 39.5 Å². The first-order valence-corrected chi connectivity index (χ1v) is 11.4. The van der Waals surface area contributed by atoms with Gasteiger partial charge in [-0.2, -0.15) is 13.9 Å². The quantitative estimate of drug-likeness (QED) is 0.529. The summed E-state index contributed by atoms with van der Waals surface area (Å²) in [5.41, 5.74) is 2.42. The molecule has 162 valence electrons. The minimum atomic E-state index is -3.54. The zero-order chi connectivity index (χ0) is 22.1. The average molecular weight is 451 g/mol. The molecule has 0 saturated carbocycles. The fourth-order valence-corrected chi connectivity index (χ4v) is 4.29. The Balaban J connectivity index is 1.84. The summed E-state index contributed by atoms with van der Waals surface area (Å²) in [4.78, 5) is 6.58. The van der Waals surface area contributed by atoms with Crippen molar-refractivity contribution < 1.29 is 8.42 Å². The first kappa shape index (κ1) is 22.5. The third-order valence-corrected chi connectivity index (χ3v) is 6.85. The zero-order valence-electron chi connectivity index (χ0n) is 17.8. The number of rotatable bonds is 8. The van der Waals surface area contributed by atoms with Crippen molar-refractivity contribution in [1.82, 2.24) is 23.8 Å². The van der Waals surface area contributed by atoms with Crippen molar-refractivity contribution >= 4 is 38.8 Å². The lowest BCUT2D eigenvalue weighted by molar-refractivity contribution is 0.358. The highest BCUT2D eigenvalue weighted by Crippen LogP contribution is 2.26. The first-order valence-electron chi connectivity index (χ1n) is 9.62. The highest BCUT2D eigenvalue weighted by molar-refractivity contribution is 7.89. The number of nitrogens with zero attached hydrogens (tertiary/aromatic N) is 5. The maximum atomic E-state index is 12.7. The van der Waals surface area contributed by atoms with E-state index in [0.29, 0.717) is 29.7 Å². The van der Waals surface area contributed by atoms with Gasteiger partial charge in [-0.3, -0.25) is 0 Å². The monoisotopic (exact) mass is 450 g/mol. The van der Waals surface area contributed by atoms with Crippen LogP contribution < -0.4 is 5.32 Å². The molecule has 3 rings (SSSR count). The molecule has 0 aliphatic heterocycles. The molecule has 0 fully saturated rings. The molecule has 3 aromatic rings. The predicted molar refractivity (Wildman–Crippen MR) is 120 cm³/mol. The molecule has 2 aromatic heterocycles. The van der Waals surface area contributed by atoms with E-state index in [1.165, 1.54) is 4.31 Å². The van der Waals surface area contributed by atoms with Crippen LogP contribution >= 0.6 is 11.6 Å². The van der Waals surface area contributed by atoms with Crippen molar-refractivity contribution in [2.24, 2.45) is 0 Å². The standard InChI is InChI=1S/C20H27ClN6O2S/c1-14(2)17-13-22-27-19(12-18(21)24-20(17)27)23-15-6-8-16(9-7-15)30(28,29)26(5)11-10-25(3)4/h6-9,12-14,23H,10-11H2,1-5H3. The summed E-state index contributed by atoms with van der Waals surface area (Å²) >= 11 is 6.21. The topological polar surface area (TPSA) is 82.8 Å². The van der Waals surface area contributed by atoms with E-state index in [1.54, 1.807) is 48.1 Å². The van der Waals surface area contributed by atoms with E-state index >= 15 is 0 Å². The third-order valence-electron chi connectivity index (χ3n) is 4.79. The van der Waals surface area contributed by atoms with Gasteiger partial charge in [-0.25, -0.2) is 13.4 Å². The summed E-state index contributed by atoms with van der Waals surface area (Å²) in [7, 11) is 1.87. The van der Waals surface area contributed by atoms with E-state index in [0.717, 1.165) is 11.3 Å². The molecule has 0 bridgehead atoms. The van der Waals surface area contributed by atoms with E-state index in [-0.39, 0.29) is 10.8 Å². The molecule has 0 atom stereocenters. The number of hydrogen-bond acceptors (Lipinski definition) is 6. The molecule has 0 spiro atoms. The number of likely N-dealkylation sites (N-methyl/N-ethyl adjacent to an activating group) is 2. The van der Waals surface area contributed by atoms with E-state index < -0.39 is 10.0 Å². The Bertz CT molecular complexity index is 1130. The van der Waals surface area contributed by atoms with Crippen molar-refractivity contribution in [3.8, 4) is 0 Å². The first-order chi connectivity index (χ1) is 14.1. The molecule has 30 heavy (non-hydrogen) atoms. The van der Waals surface area contributed by atoms with Crippen LogP contribution in [0, 0.1) is 0 Å². The van der Waals surface area contributed by atoms with Gasteiger partial charge in [0.1, 0.15) is 11.0 Å². The van der Waals surface area contributed by atoms with Gasteiger partial charge in [0.2, 0.25) is 10.0 Å². The predicted octanol–water partition coefficient (Wildman–Crippen LogP) is 3.43. The number of benzene rings is 1. The Hall–Kier alpha value is -2.20. The molecule has 8 nitrogen and oxygen atoms in total. The molecular weight excluding hydrogens is 424 g/mol. The van der Waals surface area contributed by atoms with Crippen LogP contribution in [0.1, 0.15) is 25.3 Å². The minimum Gasteiger partial charge on any atom is -0.340 e. The number of anilines is 2. The lowest BCUT2D eigenvalue weighted by Crippen LogP contribution is -2.33. The van der Waals surface area contributed by atoms with E-state index in [1.807, 2.05) is 19.0 Å². The number of nitrogens with one attached hydrogen (secondary N) is 1. The number of fused-ring (bicyclic) bond motifs is 1. The SMILES string of the molecule is CC(C)c1cnn2c(Nc3ccc(S(=O)(=O)N(C)CCN(C)C)cc3)cc(Cl)nc12. The largest absolute Gasteiger partial charge is 0.340 e. The van der Waals surface area contributed by atoms with Crippen LogP contribution in [0.15, 0.2) is 41.4 Å². The third kappa shape index (κ3) is 4.75. The molecule has 0 radical (unpaired) electrons. The van der Waals surface area contributed by atoms with Crippen LogP contribution in [-0.4, -0.2) is 66.5 Å². The van der Waals surface area contributed by atoms with Gasteiger partial charge >= 0.3 is 0 Å². The average Bonchev–Trinajstić information content (AvgIpc) is 3.10. The number of halogens is 1. The van der Waals surface area contributed by atoms with Crippen LogP contribution in [0.3, 0.4) is 0 Å². The maximum absolute atomic E-state index is 12.7. The van der Waals surface area contributed by atoms with Crippen LogP contribution in [0.25, 0.3) is 5.65 Å². The fraction of sp³-hybridized carbons (Fsp3) is 0.400. The highest BCUT2D eigenvalue weighted by Gasteiger charge is 2.20. The summed E-state index contributed by atoms with van der Waals surface area (Å²) in [5, 5.41) is 8.02. The molecule has 0 aliphatic carbocycles. The van der Waals surface area contributed by atoms with Gasteiger partial charge in [-0.1, -0.05) is 25.4 Å². The Morgan fingerprint density at radius 1 is 1.13 bits per heavy atom. The second-order valence-corrected chi connectivity index (χ2v) is 10.2. The van der Waals surface area contributed by atoms with Gasteiger partial charge in [-0.15, -0.1) is 0 Å². The molecular formula is C20H27ClN6O2S. The Labute approximate surface area is 182 Å². The van der Waals surface area contributed by atoms with Crippen LogP contribution in [0.2, 0.25) is 5.15 Å². The van der Waals surface area contributed by atoms with Gasteiger partial charge in [0, 0.05) is 37.5 Å². The normalized spacial score (nSPS) is 12.4. The molecule has 0 unspecified atom stereocenters. The minimum absolute atomic E-state index is 0.244. The smallest absolute Gasteiger partial charge is 0.242 e. The van der Waals surface area contributed by atoms with Crippen LogP contribution in [0.5, 0.6) is 0 Å². The summed E-state index contributed by atoms with van der Waals surface area (Å²) in [6.45, 7) is 5.21. The summed E-state index contributed by atoms with van der Waals surface area (Å²) in [6, 6.07) is 8.31. The lowest BCUT2D eigenvalue weighted by Gasteiger charge is -2.19. The van der Waals surface area contributed by atoms with Crippen molar-refractivity contribution in [3.63, 3.8) is 0 Å². The maximum Gasteiger partial charge on any atom is 0.242 e. The molecule has 1 N–H and O–H groups in total. The lowest BCUT2D eigenvalue weighted by atomic mass is 10.1. The fourth-order valence-electron chi connectivity index (χ4n) is 2.95. The molecule has 0 aliphatic rings. The highest BCUT2D eigenvalue weighted by atomic mass is 35.5. The van der Waals surface area contributed by atoms with Gasteiger partial charge in [0.15, 0.2) is 5.65 Å². The Kier molecular flexibility index (Phi) is 6.66. The van der Waals surface area contributed by atoms with Gasteiger partial charge in [-0.05, 0) is 44.3 Å². The van der Waals surface area contributed by atoms with Gasteiger partial charge < -0.3 is 10.2 Å². The van der Waals surface area contributed by atoms with E-state index in [4.69, 9.17) is 11.6 Å². The summed E-state index contributed by atoms with van der Waals surface area (Å²) in [6.07, 6.45) is 1.79. The van der Waals surface area contributed by atoms with E-state index in [2.05, 4.69) is 29.2 Å². The molecule has 1 aromatic carbocycles. The van der Waals surface area contributed by atoms with Crippen molar-refractivity contribution in [2.45, 2.75) is 24.7 Å². The number of aromatic nitrogens is 3. The summed E-state index contributed by atoms with van der Waals surface area (Å²) < 4.78 is 28.6. The van der Waals surface area contributed by atoms with Crippen LogP contribution in [0.4, 0.5) is 11.5 Å². The van der Waals surface area contributed by atoms with Crippen molar-refractivity contribution in [1.29, 1.82) is 0 Å². The number of hydrogen-bond donors (Lipinski definition) is 1. The number of sulfonamides is 1. The second-order valence-electron chi connectivity index (χ2n) is 7.73. The van der Waals surface area contributed by atoms with Crippen molar-refractivity contribution in [3.05, 3.63) is 47.2 Å². The van der Waals surface area contributed by atoms with Crippen LogP contribution in [-0.2, 0) is 10.0 Å². The second kappa shape index (κ2) is 8.89. The zero-order valence-corrected chi connectivity index (χ0v) is 19.4. The molecule has 0 saturated heterocycles. The Morgan fingerprint density at radius 2 is 1.80 bits per heavy atom. The Morgan fingerprint density at radius 3 is 2.40 bits per heavy atom.